The van der Waals surface area contributed by atoms with E-state index >= 15 is 0 Å². The van der Waals surface area contributed by atoms with E-state index in [1.165, 1.54) is 31.7 Å². The lowest BCUT2D eigenvalue weighted by Crippen LogP contribution is -2.22. The second-order valence-electron chi connectivity index (χ2n) is 8.69. The Balaban J connectivity index is 1.43. The maximum atomic E-state index is 13.6. The van der Waals surface area contributed by atoms with E-state index in [-0.39, 0.29) is 17.9 Å². The highest BCUT2D eigenvalue weighted by Crippen LogP contribution is 2.28. The van der Waals surface area contributed by atoms with Crippen molar-refractivity contribution in [3.05, 3.63) is 53.6 Å². The fourth-order valence-corrected chi connectivity index (χ4v) is 5.35. The molecule has 1 heterocycles. The van der Waals surface area contributed by atoms with Crippen molar-refractivity contribution in [1.82, 2.24) is 0 Å². The van der Waals surface area contributed by atoms with Crippen LogP contribution in [0.2, 0.25) is 0 Å². The first-order valence-electron chi connectivity index (χ1n) is 11.8. The van der Waals surface area contributed by atoms with Crippen LogP contribution in [0.5, 0.6) is 0 Å². The molecule has 0 saturated heterocycles. The Hall–Kier alpha value is -1.75. The summed E-state index contributed by atoms with van der Waals surface area (Å²) < 4.78 is 19.6. The first-order valence-corrected chi connectivity index (χ1v) is 12.8. The SMILES string of the molecule is C/C=C(\C=C/CC1CCCC1)OCC1=NC(CC(C)Nc2cc(F)ccc2CC)CS1. The fourth-order valence-electron chi connectivity index (χ4n) is 4.39. The van der Waals surface area contributed by atoms with Gasteiger partial charge in [0.25, 0.3) is 0 Å². The van der Waals surface area contributed by atoms with Crippen LogP contribution in [0.1, 0.15) is 64.9 Å². The molecule has 1 saturated carbocycles. The predicted octanol–water partition coefficient (Wildman–Crippen LogP) is 7.15. The molecule has 2 aliphatic rings. The third kappa shape index (κ3) is 7.71. The molecule has 31 heavy (non-hydrogen) atoms. The number of nitrogens with zero attached hydrogens (tertiary/aromatic N) is 1. The van der Waals surface area contributed by atoms with Crippen LogP contribution in [-0.2, 0) is 11.2 Å². The van der Waals surface area contributed by atoms with Crippen molar-refractivity contribution in [1.29, 1.82) is 0 Å². The highest BCUT2D eigenvalue weighted by Gasteiger charge is 2.21. The van der Waals surface area contributed by atoms with Crippen molar-refractivity contribution in [2.24, 2.45) is 10.9 Å². The molecule has 3 nitrogen and oxygen atoms in total. The average Bonchev–Trinajstić information content (AvgIpc) is 3.43. The van der Waals surface area contributed by atoms with Gasteiger partial charge < -0.3 is 10.1 Å². The third-order valence-corrected chi connectivity index (χ3v) is 7.23. The van der Waals surface area contributed by atoms with Crippen molar-refractivity contribution in [3.63, 3.8) is 0 Å². The van der Waals surface area contributed by atoms with Crippen LogP contribution in [0.4, 0.5) is 10.1 Å². The second-order valence-corrected chi connectivity index (χ2v) is 9.79. The molecular weight excluding hydrogens is 407 g/mol. The molecule has 0 aromatic heterocycles. The van der Waals surface area contributed by atoms with E-state index in [9.17, 15) is 4.39 Å². The van der Waals surface area contributed by atoms with Crippen LogP contribution in [0.25, 0.3) is 0 Å². The molecule has 0 bridgehead atoms. The minimum Gasteiger partial charge on any atom is -0.487 e. The van der Waals surface area contributed by atoms with E-state index in [0.717, 1.165) is 53.0 Å². The van der Waals surface area contributed by atoms with Gasteiger partial charge in [0.05, 0.1) is 6.04 Å². The molecule has 1 fully saturated rings. The number of hydrogen-bond donors (Lipinski definition) is 1. The van der Waals surface area contributed by atoms with Gasteiger partial charge in [-0.1, -0.05) is 44.7 Å². The Morgan fingerprint density at radius 2 is 2.16 bits per heavy atom. The molecule has 0 amide bonds. The minimum absolute atomic E-state index is 0.196. The molecule has 1 aliphatic heterocycles. The number of thioether (sulfide) groups is 1. The molecule has 0 spiro atoms. The Bertz CT molecular complexity index is 799. The van der Waals surface area contributed by atoms with Gasteiger partial charge in [0.15, 0.2) is 0 Å². The lowest BCUT2D eigenvalue weighted by molar-refractivity contribution is 0.274. The summed E-state index contributed by atoms with van der Waals surface area (Å²) in [6, 6.07) is 5.50. The molecule has 1 aliphatic carbocycles. The van der Waals surface area contributed by atoms with Crippen molar-refractivity contribution in [2.75, 3.05) is 17.7 Å². The zero-order valence-electron chi connectivity index (χ0n) is 19.2. The normalized spacial score (nSPS) is 21.0. The molecule has 1 aromatic carbocycles. The number of hydrogen-bond acceptors (Lipinski definition) is 4. The van der Waals surface area contributed by atoms with E-state index in [0.29, 0.717) is 6.61 Å². The summed E-state index contributed by atoms with van der Waals surface area (Å²) in [6.45, 7) is 6.80. The summed E-state index contributed by atoms with van der Waals surface area (Å²) in [7, 11) is 0. The van der Waals surface area contributed by atoms with E-state index in [1.807, 2.05) is 19.1 Å². The number of benzene rings is 1. The van der Waals surface area contributed by atoms with Gasteiger partial charge in [0, 0.05) is 17.5 Å². The Kier molecular flexibility index (Phi) is 9.51. The van der Waals surface area contributed by atoms with Gasteiger partial charge in [-0.15, -0.1) is 11.8 Å². The maximum Gasteiger partial charge on any atom is 0.136 e. The molecule has 1 aromatic rings. The number of nitrogens with one attached hydrogen (secondary N) is 1. The monoisotopic (exact) mass is 444 g/mol. The Morgan fingerprint density at radius 1 is 1.35 bits per heavy atom. The number of anilines is 1. The van der Waals surface area contributed by atoms with Crippen molar-refractivity contribution in [2.45, 2.75) is 77.8 Å². The van der Waals surface area contributed by atoms with Gasteiger partial charge in [0.2, 0.25) is 0 Å². The fraction of sp³-hybridized carbons (Fsp3) is 0.577. The summed E-state index contributed by atoms with van der Waals surface area (Å²) in [6.07, 6.45) is 14.9. The Labute approximate surface area is 191 Å². The highest BCUT2D eigenvalue weighted by molar-refractivity contribution is 8.14. The van der Waals surface area contributed by atoms with Crippen LogP contribution < -0.4 is 5.32 Å². The van der Waals surface area contributed by atoms with Crippen LogP contribution in [0.3, 0.4) is 0 Å². The predicted molar refractivity (Wildman–Crippen MR) is 133 cm³/mol. The standard InChI is InChI=1S/C26H37FN2OS/c1-4-21-13-14-22(27)16-25(21)28-19(3)15-23-18-31-26(29-23)17-30-24(5-2)12-8-11-20-9-6-7-10-20/h5,8,12-14,16,19-20,23,28H,4,6-7,9-11,15,17-18H2,1-3H3/b12-8-,24-5+. The lowest BCUT2D eigenvalue weighted by Gasteiger charge is -2.19. The van der Waals surface area contributed by atoms with Gasteiger partial charge in [-0.05, 0) is 68.9 Å². The molecular formula is C26H37FN2OS. The molecule has 5 heteroatoms. The molecule has 2 unspecified atom stereocenters. The zero-order chi connectivity index (χ0) is 22.1. The van der Waals surface area contributed by atoms with Crippen LogP contribution in [-0.4, -0.2) is 29.5 Å². The zero-order valence-corrected chi connectivity index (χ0v) is 20.0. The summed E-state index contributed by atoms with van der Waals surface area (Å²) >= 11 is 1.79. The smallest absolute Gasteiger partial charge is 0.136 e. The van der Waals surface area contributed by atoms with Crippen molar-refractivity contribution in [3.8, 4) is 0 Å². The van der Waals surface area contributed by atoms with Crippen LogP contribution >= 0.6 is 11.8 Å². The molecule has 170 valence electrons. The first kappa shape index (κ1) is 23.9. The summed E-state index contributed by atoms with van der Waals surface area (Å²) in [5.74, 6) is 2.58. The highest BCUT2D eigenvalue weighted by atomic mass is 32.2. The van der Waals surface area contributed by atoms with E-state index in [4.69, 9.17) is 9.73 Å². The van der Waals surface area contributed by atoms with E-state index in [1.54, 1.807) is 17.8 Å². The van der Waals surface area contributed by atoms with Gasteiger partial charge in [-0.25, -0.2) is 4.39 Å². The summed E-state index contributed by atoms with van der Waals surface area (Å²) in [5.41, 5.74) is 2.04. The molecule has 3 rings (SSSR count). The number of rotatable bonds is 11. The number of allylic oxidation sites excluding steroid dienone is 3. The first-order chi connectivity index (χ1) is 15.1. The van der Waals surface area contributed by atoms with Gasteiger partial charge in [0.1, 0.15) is 23.2 Å². The topological polar surface area (TPSA) is 33.6 Å². The van der Waals surface area contributed by atoms with Crippen molar-refractivity contribution >= 4 is 22.5 Å². The largest absolute Gasteiger partial charge is 0.487 e. The number of aryl methyl sites for hydroxylation is 1. The maximum absolute atomic E-state index is 13.6. The lowest BCUT2D eigenvalue weighted by atomic mass is 10.0. The Morgan fingerprint density at radius 3 is 2.90 bits per heavy atom. The van der Waals surface area contributed by atoms with E-state index < -0.39 is 0 Å². The van der Waals surface area contributed by atoms with Gasteiger partial charge in [-0.2, -0.15) is 0 Å². The van der Waals surface area contributed by atoms with Crippen LogP contribution in [0.15, 0.2) is 47.2 Å². The van der Waals surface area contributed by atoms with Crippen LogP contribution in [0, 0.1) is 11.7 Å². The summed E-state index contributed by atoms with van der Waals surface area (Å²) in [4.78, 5) is 4.87. The molecule has 2 atom stereocenters. The van der Waals surface area contributed by atoms with E-state index in [2.05, 4.69) is 31.3 Å². The second kappa shape index (κ2) is 12.3. The van der Waals surface area contributed by atoms with Gasteiger partial charge >= 0.3 is 0 Å². The van der Waals surface area contributed by atoms with Gasteiger partial charge in [-0.3, -0.25) is 4.99 Å². The third-order valence-electron chi connectivity index (χ3n) is 6.12. The quantitative estimate of drug-likeness (QED) is 0.291. The van der Waals surface area contributed by atoms with Crippen molar-refractivity contribution < 1.29 is 9.13 Å². The minimum atomic E-state index is -0.196. The average molecular weight is 445 g/mol. The number of aliphatic imine (C=N–C) groups is 1. The molecule has 0 radical (unpaired) electrons. The molecule has 1 N–H and O–H groups in total. The number of ether oxygens (including phenoxy) is 1. The summed E-state index contributed by atoms with van der Waals surface area (Å²) in [5, 5.41) is 4.55. The number of halogens is 1.